The quantitative estimate of drug-likeness (QED) is 0.696. The number of thiazole rings is 1. The molecule has 0 bridgehead atoms. The molecule has 0 fully saturated rings. The van der Waals surface area contributed by atoms with Gasteiger partial charge in [-0.05, 0) is 24.3 Å². The fourth-order valence-electron chi connectivity index (χ4n) is 1.96. The molecule has 1 aromatic carbocycles. The third kappa shape index (κ3) is 4.58. The lowest BCUT2D eigenvalue weighted by Gasteiger charge is -2.05. The molecule has 2 aromatic heterocycles. The molecule has 26 heavy (non-hydrogen) atoms. The van der Waals surface area contributed by atoms with Gasteiger partial charge < -0.3 is 5.32 Å². The number of nitrogens with one attached hydrogen (secondary N) is 2. The molecule has 0 aliphatic rings. The maximum Gasteiger partial charge on any atom is 0.295 e. The number of nitrogens with zero attached hydrogens (tertiary/aromatic N) is 3. The van der Waals surface area contributed by atoms with Crippen LogP contribution in [-0.4, -0.2) is 26.8 Å². The van der Waals surface area contributed by atoms with Crippen LogP contribution in [0, 0.1) is 5.82 Å². The van der Waals surface area contributed by atoms with Crippen molar-refractivity contribution in [3.8, 4) is 0 Å². The molecule has 0 radical (unpaired) electrons. The molecular weight excluding hydrogens is 381 g/mol. The zero-order valence-electron chi connectivity index (χ0n) is 13.1. The van der Waals surface area contributed by atoms with E-state index in [-0.39, 0.29) is 23.2 Å². The summed E-state index contributed by atoms with van der Waals surface area (Å²) in [4.78, 5) is 35.9. The molecule has 2 N–H and O–H groups in total. The van der Waals surface area contributed by atoms with Gasteiger partial charge in [0.2, 0.25) is 11.7 Å². The van der Waals surface area contributed by atoms with Crippen LogP contribution in [0.25, 0.3) is 0 Å². The van der Waals surface area contributed by atoms with E-state index in [1.165, 1.54) is 41.9 Å². The van der Waals surface area contributed by atoms with Gasteiger partial charge in [0.25, 0.3) is 5.91 Å². The van der Waals surface area contributed by atoms with Gasteiger partial charge in [0.05, 0.1) is 17.1 Å². The fourth-order valence-corrected chi connectivity index (χ4v) is 2.84. The summed E-state index contributed by atoms with van der Waals surface area (Å²) in [7, 11) is 0. The number of carbonyl (C=O) groups is 2. The molecule has 0 aliphatic carbocycles. The predicted octanol–water partition coefficient (Wildman–Crippen LogP) is 3.16. The van der Waals surface area contributed by atoms with Gasteiger partial charge in [-0.15, -0.1) is 11.3 Å². The van der Waals surface area contributed by atoms with E-state index in [1.54, 1.807) is 11.4 Å². The Bertz CT molecular complexity index is 951. The maximum absolute atomic E-state index is 13.1. The minimum atomic E-state index is -0.563. The normalized spacial score (nSPS) is 10.4. The first-order chi connectivity index (χ1) is 12.5. The van der Waals surface area contributed by atoms with E-state index in [2.05, 4.69) is 25.6 Å². The van der Waals surface area contributed by atoms with Gasteiger partial charge in [-0.3, -0.25) is 14.9 Å². The monoisotopic (exact) mass is 391 g/mol. The molecule has 7 nitrogen and oxygen atoms in total. The molecule has 0 atom stereocenters. The van der Waals surface area contributed by atoms with Gasteiger partial charge in [0.1, 0.15) is 5.82 Å². The molecule has 10 heteroatoms. The summed E-state index contributed by atoms with van der Waals surface area (Å²) in [6.07, 6.45) is 2.91. The Hall–Kier alpha value is -2.91. The lowest BCUT2D eigenvalue weighted by molar-refractivity contribution is -0.115. The summed E-state index contributed by atoms with van der Waals surface area (Å²) in [5, 5.41) is 7.07. The molecule has 2 heterocycles. The molecule has 0 spiro atoms. The predicted molar refractivity (Wildman–Crippen MR) is 95.8 cm³/mol. The van der Waals surface area contributed by atoms with Crippen LogP contribution in [0.15, 0.2) is 42.0 Å². The van der Waals surface area contributed by atoms with Crippen molar-refractivity contribution in [2.45, 2.75) is 6.42 Å². The second kappa shape index (κ2) is 7.98. The van der Waals surface area contributed by atoms with Crippen LogP contribution in [0.1, 0.15) is 16.3 Å². The standard InChI is InChI=1S/C16H11ClFN5O2S/c17-11-6-9(2-3-12(11)18)21-13(24)7-10-8-26-16(22-10)23-15(25)14-19-4-1-5-20-14/h1-6,8H,7H2,(H,21,24)(H,22,23,25). The Morgan fingerprint density at radius 2 is 1.96 bits per heavy atom. The number of amides is 2. The lowest BCUT2D eigenvalue weighted by Crippen LogP contribution is -2.16. The maximum atomic E-state index is 13.1. The van der Waals surface area contributed by atoms with Crippen molar-refractivity contribution in [3.63, 3.8) is 0 Å². The summed E-state index contributed by atoms with van der Waals surface area (Å²) in [5.74, 6) is -1.37. The summed E-state index contributed by atoms with van der Waals surface area (Å²) in [6, 6.07) is 5.50. The minimum absolute atomic E-state index is 0.0107. The third-order valence-electron chi connectivity index (χ3n) is 3.09. The van der Waals surface area contributed by atoms with Gasteiger partial charge in [-0.2, -0.15) is 0 Å². The highest BCUT2D eigenvalue weighted by Gasteiger charge is 2.13. The van der Waals surface area contributed by atoms with Crippen LogP contribution in [0.5, 0.6) is 0 Å². The second-order valence-corrected chi connectivity index (χ2v) is 6.29. The van der Waals surface area contributed by atoms with Crippen molar-refractivity contribution in [1.29, 1.82) is 0 Å². The Balaban J connectivity index is 1.58. The molecule has 0 saturated carbocycles. The fraction of sp³-hybridized carbons (Fsp3) is 0.0625. The number of halogens is 2. The molecule has 0 aliphatic heterocycles. The van der Waals surface area contributed by atoms with E-state index in [9.17, 15) is 14.0 Å². The van der Waals surface area contributed by atoms with Crippen LogP contribution < -0.4 is 10.6 Å². The van der Waals surface area contributed by atoms with Gasteiger partial charge >= 0.3 is 0 Å². The number of carbonyl (C=O) groups excluding carboxylic acids is 2. The molecule has 0 saturated heterocycles. The van der Waals surface area contributed by atoms with Crippen LogP contribution >= 0.6 is 22.9 Å². The number of hydrogen-bond donors (Lipinski definition) is 2. The van der Waals surface area contributed by atoms with Crippen LogP contribution in [0.3, 0.4) is 0 Å². The SMILES string of the molecule is O=C(Cc1csc(NC(=O)c2ncccn2)n1)Nc1ccc(F)c(Cl)c1. The highest BCUT2D eigenvalue weighted by Crippen LogP contribution is 2.20. The molecule has 3 aromatic rings. The largest absolute Gasteiger partial charge is 0.326 e. The number of anilines is 2. The summed E-state index contributed by atoms with van der Waals surface area (Å²) in [6.45, 7) is 0. The molecular formula is C16H11ClFN5O2S. The topological polar surface area (TPSA) is 96.9 Å². The van der Waals surface area contributed by atoms with Crippen molar-refractivity contribution >= 4 is 45.6 Å². The summed E-state index contributed by atoms with van der Waals surface area (Å²) in [5.41, 5.74) is 0.858. The van der Waals surface area contributed by atoms with E-state index >= 15 is 0 Å². The first kappa shape index (κ1) is 17.9. The summed E-state index contributed by atoms with van der Waals surface area (Å²) >= 11 is 6.85. The number of benzene rings is 1. The zero-order valence-corrected chi connectivity index (χ0v) is 14.6. The molecule has 3 rings (SSSR count). The van der Waals surface area contributed by atoms with E-state index in [0.717, 1.165) is 0 Å². The van der Waals surface area contributed by atoms with Crippen LogP contribution in [0.4, 0.5) is 15.2 Å². The Kier molecular flexibility index (Phi) is 5.49. The Morgan fingerprint density at radius 3 is 2.69 bits per heavy atom. The third-order valence-corrected chi connectivity index (χ3v) is 4.18. The molecule has 2 amide bonds. The van der Waals surface area contributed by atoms with Gasteiger partial charge in [-0.25, -0.2) is 19.3 Å². The highest BCUT2D eigenvalue weighted by atomic mass is 35.5. The van der Waals surface area contributed by atoms with E-state index in [0.29, 0.717) is 16.5 Å². The lowest BCUT2D eigenvalue weighted by atomic mass is 10.2. The average molecular weight is 392 g/mol. The Labute approximate surface area is 156 Å². The molecule has 0 unspecified atom stereocenters. The number of rotatable bonds is 5. The number of hydrogen-bond acceptors (Lipinski definition) is 6. The van der Waals surface area contributed by atoms with Crippen molar-refractivity contribution in [2.75, 3.05) is 10.6 Å². The van der Waals surface area contributed by atoms with Gasteiger partial charge in [0.15, 0.2) is 5.13 Å². The summed E-state index contributed by atoms with van der Waals surface area (Å²) < 4.78 is 13.1. The second-order valence-electron chi connectivity index (χ2n) is 5.02. The van der Waals surface area contributed by atoms with E-state index in [4.69, 9.17) is 11.6 Å². The van der Waals surface area contributed by atoms with Crippen LogP contribution in [0.2, 0.25) is 5.02 Å². The first-order valence-electron chi connectivity index (χ1n) is 7.29. The van der Waals surface area contributed by atoms with Crippen molar-refractivity contribution < 1.29 is 14.0 Å². The van der Waals surface area contributed by atoms with Crippen molar-refractivity contribution in [2.24, 2.45) is 0 Å². The first-order valence-corrected chi connectivity index (χ1v) is 8.54. The zero-order chi connectivity index (χ0) is 18.5. The highest BCUT2D eigenvalue weighted by molar-refractivity contribution is 7.14. The van der Waals surface area contributed by atoms with Gasteiger partial charge in [0, 0.05) is 23.5 Å². The number of aromatic nitrogens is 3. The smallest absolute Gasteiger partial charge is 0.295 e. The van der Waals surface area contributed by atoms with E-state index < -0.39 is 11.7 Å². The van der Waals surface area contributed by atoms with Crippen molar-refractivity contribution in [1.82, 2.24) is 15.0 Å². The average Bonchev–Trinajstić information content (AvgIpc) is 3.05. The molecule has 132 valence electrons. The van der Waals surface area contributed by atoms with Gasteiger partial charge in [-0.1, -0.05) is 11.6 Å². The van der Waals surface area contributed by atoms with E-state index in [1.807, 2.05) is 0 Å². The van der Waals surface area contributed by atoms with Crippen molar-refractivity contribution in [3.05, 3.63) is 64.4 Å². The Morgan fingerprint density at radius 1 is 1.19 bits per heavy atom. The van der Waals surface area contributed by atoms with Crippen LogP contribution in [-0.2, 0) is 11.2 Å². The minimum Gasteiger partial charge on any atom is -0.326 e.